The fraction of sp³-hybridized carbons (Fsp3) is 0.0833. The average Bonchev–Trinajstić information content (AvgIpc) is 2.69. The van der Waals surface area contributed by atoms with Gasteiger partial charge in [0, 0.05) is 14.7 Å². The highest BCUT2D eigenvalue weighted by atomic mass is 79.9. The Morgan fingerprint density at radius 2 is 2.18 bits per heavy atom. The van der Waals surface area contributed by atoms with E-state index in [-0.39, 0.29) is 5.91 Å². The molecule has 0 unspecified atom stereocenters. The minimum absolute atomic E-state index is 0.111. The third kappa shape index (κ3) is 3.12. The van der Waals surface area contributed by atoms with Gasteiger partial charge in [-0.3, -0.25) is 4.79 Å². The Morgan fingerprint density at radius 1 is 1.41 bits per heavy atom. The van der Waals surface area contributed by atoms with Gasteiger partial charge in [-0.2, -0.15) is 0 Å². The molecule has 0 radical (unpaired) electrons. The Kier molecular flexibility index (Phi) is 3.91. The van der Waals surface area contributed by atoms with Crippen LogP contribution in [-0.2, 0) is 0 Å². The normalized spacial score (nSPS) is 10.3. The van der Waals surface area contributed by atoms with Crippen molar-refractivity contribution in [3.05, 3.63) is 44.6 Å². The number of halogens is 1. The Labute approximate surface area is 118 Å². The molecule has 17 heavy (non-hydrogen) atoms. The highest BCUT2D eigenvalue weighted by Crippen LogP contribution is 2.25. The summed E-state index contributed by atoms with van der Waals surface area (Å²) in [5, 5.41) is 4.69. The first-order chi connectivity index (χ1) is 8.06. The molecule has 1 N–H and O–H groups in total. The van der Waals surface area contributed by atoms with Gasteiger partial charge < -0.3 is 5.32 Å². The number of benzene rings is 1. The second-order valence-electron chi connectivity index (χ2n) is 3.61. The molecule has 1 heterocycles. The molecule has 0 saturated heterocycles. The number of carbonyl (C=O) groups is 1. The van der Waals surface area contributed by atoms with Crippen LogP contribution >= 0.6 is 39.9 Å². The summed E-state index contributed by atoms with van der Waals surface area (Å²) in [4.78, 5) is 13.4. The first kappa shape index (κ1) is 12.7. The van der Waals surface area contributed by atoms with Crippen LogP contribution in [0.25, 0.3) is 0 Å². The van der Waals surface area contributed by atoms with Gasteiger partial charge in [0.15, 0.2) is 0 Å². The molecular formula is C12H10BrNOS2. The molecule has 1 amide bonds. The number of amides is 1. The summed E-state index contributed by atoms with van der Waals surface area (Å²) < 4.78 is 0.883. The topological polar surface area (TPSA) is 29.1 Å². The quantitative estimate of drug-likeness (QED) is 0.788. The number of aryl methyl sites for hydroxylation is 1. The van der Waals surface area contributed by atoms with E-state index in [0.717, 1.165) is 20.6 Å². The van der Waals surface area contributed by atoms with Gasteiger partial charge >= 0.3 is 0 Å². The van der Waals surface area contributed by atoms with Gasteiger partial charge in [-0.1, -0.05) is 6.07 Å². The number of hydrogen-bond acceptors (Lipinski definition) is 3. The van der Waals surface area contributed by atoms with Gasteiger partial charge in [-0.25, -0.2) is 0 Å². The molecule has 0 saturated carbocycles. The molecule has 0 aliphatic heterocycles. The Morgan fingerprint density at radius 3 is 2.76 bits per heavy atom. The van der Waals surface area contributed by atoms with Gasteiger partial charge in [0.05, 0.1) is 10.6 Å². The van der Waals surface area contributed by atoms with E-state index in [2.05, 4.69) is 33.9 Å². The van der Waals surface area contributed by atoms with Crippen molar-refractivity contribution in [3.63, 3.8) is 0 Å². The number of rotatable bonds is 2. The van der Waals surface area contributed by atoms with E-state index in [1.165, 1.54) is 11.3 Å². The van der Waals surface area contributed by atoms with Crippen LogP contribution in [0.4, 0.5) is 5.69 Å². The van der Waals surface area contributed by atoms with Gasteiger partial charge in [0.2, 0.25) is 0 Å². The first-order valence-corrected chi connectivity index (χ1v) is 7.03. The van der Waals surface area contributed by atoms with Crippen LogP contribution in [0.5, 0.6) is 0 Å². The SMILES string of the molecule is Cc1ccc(NC(=O)c2cc(S)cs2)c(Br)c1. The summed E-state index contributed by atoms with van der Waals surface area (Å²) in [5.74, 6) is -0.111. The van der Waals surface area contributed by atoms with E-state index in [4.69, 9.17) is 0 Å². The van der Waals surface area contributed by atoms with Gasteiger partial charge in [-0.05, 0) is 46.6 Å². The molecule has 0 atom stereocenters. The number of anilines is 1. The van der Waals surface area contributed by atoms with Crippen LogP contribution in [0, 0.1) is 6.92 Å². The zero-order valence-corrected chi connectivity index (χ0v) is 12.3. The van der Waals surface area contributed by atoms with Crippen molar-refractivity contribution in [1.29, 1.82) is 0 Å². The predicted octanol–water partition coefficient (Wildman–Crippen LogP) is 4.36. The molecule has 0 fully saturated rings. The smallest absolute Gasteiger partial charge is 0.265 e. The Bertz CT molecular complexity index is 565. The third-order valence-corrected chi connectivity index (χ3v) is 4.20. The van der Waals surface area contributed by atoms with Gasteiger partial charge in [0.25, 0.3) is 5.91 Å². The molecule has 88 valence electrons. The van der Waals surface area contributed by atoms with E-state index < -0.39 is 0 Å². The average molecular weight is 328 g/mol. The summed E-state index contributed by atoms with van der Waals surface area (Å²) in [5.41, 5.74) is 1.92. The Hall–Kier alpha value is -0.780. The summed E-state index contributed by atoms with van der Waals surface area (Å²) in [7, 11) is 0. The molecule has 0 aliphatic rings. The highest BCUT2D eigenvalue weighted by molar-refractivity contribution is 9.10. The lowest BCUT2D eigenvalue weighted by Gasteiger charge is -2.06. The minimum atomic E-state index is -0.111. The maximum absolute atomic E-state index is 11.9. The predicted molar refractivity (Wildman–Crippen MR) is 78.4 cm³/mol. The zero-order chi connectivity index (χ0) is 12.4. The Balaban J connectivity index is 2.18. The summed E-state index contributed by atoms with van der Waals surface area (Å²) >= 11 is 8.99. The fourth-order valence-electron chi connectivity index (χ4n) is 1.35. The number of thiol groups is 1. The second-order valence-corrected chi connectivity index (χ2v) is 5.89. The van der Waals surface area contributed by atoms with Crippen molar-refractivity contribution in [1.82, 2.24) is 0 Å². The molecule has 0 bridgehead atoms. The lowest BCUT2D eigenvalue weighted by Crippen LogP contribution is -2.10. The van der Waals surface area contributed by atoms with Crippen molar-refractivity contribution in [2.45, 2.75) is 11.8 Å². The second kappa shape index (κ2) is 5.25. The van der Waals surface area contributed by atoms with Crippen molar-refractivity contribution in [2.24, 2.45) is 0 Å². The lowest BCUT2D eigenvalue weighted by molar-refractivity contribution is 0.103. The van der Waals surface area contributed by atoms with Crippen LogP contribution in [0.2, 0.25) is 0 Å². The highest BCUT2D eigenvalue weighted by Gasteiger charge is 2.10. The van der Waals surface area contributed by atoms with Crippen molar-refractivity contribution < 1.29 is 4.79 Å². The fourth-order valence-corrected chi connectivity index (χ4v) is 2.99. The van der Waals surface area contributed by atoms with Gasteiger partial charge in [0.1, 0.15) is 0 Å². The largest absolute Gasteiger partial charge is 0.320 e. The van der Waals surface area contributed by atoms with Crippen LogP contribution in [-0.4, -0.2) is 5.91 Å². The molecule has 2 aromatic rings. The summed E-state index contributed by atoms with van der Waals surface area (Å²) in [6.07, 6.45) is 0. The summed E-state index contributed by atoms with van der Waals surface area (Å²) in [6.45, 7) is 2.00. The van der Waals surface area contributed by atoms with Crippen LogP contribution < -0.4 is 5.32 Å². The van der Waals surface area contributed by atoms with Crippen LogP contribution in [0.3, 0.4) is 0 Å². The molecule has 5 heteroatoms. The molecule has 0 spiro atoms. The van der Waals surface area contributed by atoms with E-state index in [0.29, 0.717) is 4.88 Å². The first-order valence-electron chi connectivity index (χ1n) is 4.91. The third-order valence-electron chi connectivity index (χ3n) is 2.18. The number of nitrogens with one attached hydrogen (secondary N) is 1. The van der Waals surface area contributed by atoms with Crippen LogP contribution in [0.1, 0.15) is 15.2 Å². The monoisotopic (exact) mass is 327 g/mol. The molecule has 0 aliphatic carbocycles. The minimum Gasteiger partial charge on any atom is -0.320 e. The zero-order valence-electron chi connectivity index (χ0n) is 9.03. The maximum Gasteiger partial charge on any atom is 0.265 e. The number of carbonyl (C=O) groups excluding carboxylic acids is 1. The molecule has 1 aromatic carbocycles. The number of thiophene rings is 1. The standard InChI is InChI=1S/C12H10BrNOS2/c1-7-2-3-10(9(13)4-7)14-12(15)11-5-8(16)6-17-11/h2-6,16H,1H3,(H,14,15). The molecular weight excluding hydrogens is 318 g/mol. The van der Waals surface area contributed by atoms with E-state index in [1.807, 2.05) is 30.5 Å². The lowest BCUT2D eigenvalue weighted by atomic mass is 10.2. The van der Waals surface area contributed by atoms with E-state index in [1.54, 1.807) is 6.07 Å². The van der Waals surface area contributed by atoms with Crippen LogP contribution in [0.15, 0.2) is 39.0 Å². The number of hydrogen-bond donors (Lipinski definition) is 2. The molecule has 2 rings (SSSR count). The molecule has 2 nitrogen and oxygen atoms in total. The maximum atomic E-state index is 11.9. The van der Waals surface area contributed by atoms with E-state index >= 15 is 0 Å². The van der Waals surface area contributed by atoms with Crippen molar-refractivity contribution in [2.75, 3.05) is 5.32 Å². The van der Waals surface area contributed by atoms with Gasteiger partial charge in [-0.15, -0.1) is 24.0 Å². The van der Waals surface area contributed by atoms with Crippen molar-refractivity contribution in [3.8, 4) is 0 Å². The molecule has 1 aromatic heterocycles. The van der Waals surface area contributed by atoms with E-state index in [9.17, 15) is 4.79 Å². The van der Waals surface area contributed by atoms with Crippen molar-refractivity contribution >= 4 is 51.5 Å². The summed E-state index contributed by atoms with van der Waals surface area (Å²) in [6, 6.07) is 7.56.